The van der Waals surface area contributed by atoms with Crippen LogP contribution in [0.25, 0.3) is 0 Å². The van der Waals surface area contributed by atoms with Gasteiger partial charge in [0, 0.05) is 5.56 Å². The standard InChI is InChI=1S/C12H16O3/c1-12(14)7-6-11(12)15-10-5-3-2-4-9(10)8-13/h2-5,11,13-14H,6-8H2,1H3/t11-,12-/m0/s1. The summed E-state index contributed by atoms with van der Waals surface area (Å²) in [6.45, 7) is 1.74. The molecular formula is C12H16O3. The van der Waals surface area contributed by atoms with Crippen molar-refractivity contribution >= 4 is 0 Å². The molecule has 0 unspecified atom stereocenters. The number of para-hydroxylation sites is 1. The Bertz CT molecular complexity index is 346. The highest BCUT2D eigenvalue weighted by Gasteiger charge is 2.43. The van der Waals surface area contributed by atoms with Crippen LogP contribution in [0.3, 0.4) is 0 Å². The molecule has 1 aliphatic carbocycles. The van der Waals surface area contributed by atoms with Gasteiger partial charge in [-0.15, -0.1) is 0 Å². The molecule has 1 saturated carbocycles. The predicted octanol–water partition coefficient (Wildman–Crippen LogP) is 1.47. The maximum absolute atomic E-state index is 9.81. The Labute approximate surface area is 89.3 Å². The van der Waals surface area contributed by atoms with E-state index in [1.807, 2.05) is 24.3 Å². The smallest absolute Gasteiger partial charge is 0.127 e. The molecule has 0 saturated heterocycles. The molecule has 0 heterocycles. The van der Waals surface area contributed by atoms with Crippen LogP contribution in [0.4, 0.5) is 0 Å². The van der Waals surface area contributed by atoms with Crippen molar-refractivity contribution in [3.63, 3.8) is 0 Å². The van der Waals surface area contributed by atoms with Crippen LogP contribution in [0, 0.1) is 0 Å². The molecule has 3 heteroatoms. The highest BCUT2D eigenvalue weighted by atomic mass is 16.5. The fourth-order valence-corrected chi connectivity index (χ4v) is 1.77. The van der Waals surface area contributed by atoms with Crippen LogP contribution in [-0.4, -0.2) is 21.9 Å². The first kappa shape index (κ1) is 10.5. The molecule has 1 aromatic carbocycles. The summed E-state index contributed by atoms with van der Waals surface area (Å²) >= 11 is 0. The first-order valence-corrected chi connectivity index (χ1v) is 5.21. The van der Waals surface area contributed by atoms with E-state index >= 15 is 0 Å². The van der Waals surface area contributed by atoms with Crippen LogP contribution in [0.1, 0.15) is 25.3 Å². The molecule has 0 amide bonds. The van der Waals surface area contributed by atoms with Gasteiger partial charge in [-0.3, -0.25) is 0 Å². The Morgan fingerprint density at radius 3 is 2.73 bits per heavy atom. The van der Waals surface area contributed by atoms with Gasteiger partial charge in [-0.25, -0.2) is 0 Å². The molecule has 1 aromatic rings. The minimum atomic E-state index is -0.720. The van der Waals surface area contributed by atoms with Crippen LogP contribution in [0.5, 0.6) is 5.75 Å². The van der Waals surface area contributed by atoms with E-state index in [9.17, 15) is 5.11 Å². The largest absolute Gasteiger partial charge is 0.487 e. The van der Waals surface area contributed by atoms with Crippen molar-refractivity contribution in [3.8, 4) is 5.75 Å². The summed E-state index contributed by atoms with van der Waals surface area (Å²) in [5.74, 6) is 0.671. The highest BCUT2D eigenvalue weighted by molar-refractivity contribution is 5.33. The molecule has 15 heavy (non-hydrogen) atoms. The average molecular weight is 208 g/mol. The lowest BCUT2D eigenvalue weighted by Crippen LogP contribution is -2.52. The summed E-state index contributed by atoms with van der Waals surface area (Å²) in [5.41, 5.74) is 0.0444. The highest BCUT2D eigenvalue weighted by Crippen LogP contribution is 2.35. The fourth-order valence-electron chi connectivity index (χ4n) is 1.77. The number of hydrogen-bond donors (Lipinski definition) is 2. The van der Waals surface area contributed by atoms with Gasteiger partial charge in [0.15, 0.2) is 0 Å². The summed E-state index contributed by atoms with van der Waals surface area (Å²) < 4.78 is 5.68. The Kier molecular flexibility index (Phi) is 2.67. The summed E-state index contributed by atoms with van der Waals surface area (Å²) in [6, 6.07) is 7.36. The second-order valence-corrected chi connectivity index (χ2v) is 4.27. The zero-order valence-electron chi connectivity index (χ0n) is 8.81. The predicted molar refractivity (Wildman–Crippen MR) is 56.6 cm³/mol. The number of rotatable bonds is 3. The van der Waals surface area contributed by atoms with Crippen molar-refractivity contribution in [1.29, 1.82) is 0 Å². The van der Waals surface area contributed by atoms with Gasteiger partial charge in [0.05, 0.1) is 12.2 Å². The lowest BCUT2D eigenvalue weighted by molar-refractivity contribution is -0.118. The molecule has 1 fully saturated rings. The summed E-state index contributed by atoms with van der Waals surface area (Å²) in [6.07, 6.45) is 1.50. The third kappa shape index (κ3) is 1.98. The SMILES string of the molecule is C[C@]1(O)CC[C@@H]1Oc1ccccc1CO. The topological polar surface area (TPSA) is 49.7 Å². The normalized spacial score (nSPS) is 29.7. The van der Waals surface area contributed by atoms with Crippen LogP contribution >= 0.6 is 0 Å². The number of aliphatic hydroxyl groups is 2. The maximum Gasteiger partial charge on any atom is 0.127 e. The molecule has 0 aromatic heterocycles. The van der Waals surface area contributed by atoms with E-state index in [0.717, 1.165) is 18.4 Å². The number of hydrogen-bond acceptors (Lipinski definition) is 3. The number of ether oxygens (including phenoxy) is 1. The molecular weight excluding hydrogens is 192 g/mol. The Balaban J connectivity index is 2.11. The minimum Gasteiger partial charge on any atom is -0.487 e. The van der Waals surface area contributed by atoms with E-state index in [-0.39, 0.29) is 12.7 Å². The van der Waals surface area contributed by atoms with Gasteiger partial charge in [-0.1, -0.05) is 18.2 Å². The van der Waals surface area contributed by atoms with Crippen molar-refractivity contribution in [1.82, 2.24) is 0 Å². The van der Waals surface area contributed by atoms with Crippen molar-refractivity contribution in [2.24, 2.45) is 0 Å². The fraction of sp³-hybridized carbons (Fsp3) is 0.500. The van der Waals surface area contributed by atoms with E-state index in [1.165, 1.54) is 0 Å². The molecule has 0 spiro atoms. The Morgan fingerprint density at radius 1 is 1.47 bits per heavy atom. The molecule has 0 aliphatic heterocycles. The zero-order chi connectivity index (χ0) is 10.9. The van der Waals surface area contributed by atoms with Gasteiger partial charge in [0.2, 0.25) is 0 Å². The van der Waals surface area contributed by atoms with Gasteiger partial charge in [-0.05, 0) is 25.8 Å². The molecule has 2 rings (SSSR count). The van der Waals surface area contributed by atoms with Crippen LogP contribution < -0.4 is 4.74 Å². The van der Waals surface area contributed by atoms with Crippen molar-refractivity contribution < 1.29 is 14.9 Å². The molecule has 2 N–H and O–H groups in total. The molecule has 0 bridgehead atoms. The Morgan fingerprint density at radius 2 is 2.20 bits per heavy atom. The third-order valence-electron chi connectivity index (χ3n) is 3.02. The van der Waals surface area contributed by atoms with E-state index in [0.29, 0.717) is 5.75 Å². The first-order chi connectivity index (χ1) is 7.13. The van der Waals surface area contributed by atoms with Gasteiger partial charge < -0.3 is 14.9 Å². The van der Waals surface area contributed by atoms with Crippen LogP contribution in [0.2, 0.25) is 0 Å². The first-order valence-electron chi connectivity index (χ1n) is 5.21. The number of benzene rings is 1. The van der Waals surface area contributed by atoms with E-state index in [4.69, 9.17) is 9.84 Å². The average Bonchev–Trinajstić information content (AvgIpc) is 2.25. The van der Waals surface area contributed by atoms with Gasteiger partial charge in [0.1, 0.15) is 11.9 Å². The Hall–Kier alpha value is -1.06. The van der Waals surface area contributed by atoms with Gasteiger partial charge in [-0.2, -0.15) is 0 Å². The maximum atomic E-state index is 9.81. The minimum absolute atomic E-state index is 0.0367. The van der Waals surface area contributed by atoms with Crippen molar-refractivity contribution in [2.45, 2.75) is 38.1 Å². The molecule has 3 nitrogen and oxygen atoms in total. The van der Waals surface area contributed by atoms with E-state index in [2.05, 4.69) is 0 Å². The summed E-state index contributed by atoms with van der Waals surface area (Å²) in [5, 5.41) is 18.9. The summed E-state index contributed by atoms with van der Waals surface area (Å²) in [7, 11) is 0. The molecule has 82 valence electrons. The zero-order valence-corrected chi connectivity index (χ0v) is 8.81. The molecule has 1 aliphatic rings. The summed E-state index contributed by atoms with van der Waals surface area (Å²) in [4.78, 5) is 0. The second-order valence-electron chi connectivity index (χ2n) is 4.27. The second kappa shape index (κ2) is 3.83. The lowest BCUT2D eigenvalue weighted by atomic mass is 9.78. The van der Waals surface area contributed by atoms with Crippen molar-refractivity contribution in [2.75, 3.05) is 0 Å². The quantitative estimate of drug-likeness (QED) is 0.790. The van der Waals surface area contributed by atoms with E-state index < -0.39 is 5.60 Å². The monoisotopic (exact) mass is 208 g/mol. The molecule has 2 atom stereocenters. The van der Waals surface area contributed by atoms with Gasteiger partial charge in [0.25, 0.3) is 0 Å². The van der Waals surface area contributed by atoms with Gasteiger partial charge >= 0.3 is 0 Å². The molecule has 0 radical (unpaired) electrons. The van der Waals surface area contributed by atoms with Crippen molar-refractivity contribution in [3.05, 3.63) is 29.8 Å². The van der Waals surface area contributed by atoms with E-state index in [1.54, 1.807) is 6.92 Å². The number of aliphatic hydroxyl groups excluding tert-OH is 1. The third-order valence-corrected chi connectivity index (χ3v) is 3.02. The lowest BCUT2D eigenvalue weighted by Gasteiger charge is -2.42. The van der Waals surface area contributed by atoms with Crippen LogP contribution in [-0.2, 0) is 6.61 Å². The van der Waals surface area contributed by atoms with Crippen LogP contribution in [0.15, 0.2) is 24.3 Å².